The van der Waals surface area contributed by atoms with E-state index in [-0.39, 0.29) is 0 Å². The van der Waals surface area contributed by atoms with Gasteiger partial charge in [-0.15, -0.1) is 0 Å². The van der Waals surface area contributed by atoms with E-state index in [0.29, 0.717) is 12.1 Å². The number of hydrogen-bond donors (Lipinski definition) is 1. The summed E-state index contributed by atoms with van der Waals surface area (Å²) in [6.45, 7) is 5.28. The Kier molecular flexibility index (Phi) is 3.62. The molecule has 0 aromatic heterocycles. The van der Waals surface area contributed by atoms with Crippen LogP contribution in [0.4, 0.5) is 0 Å². The first-order chi connectivity index (χ1) is 7.67. The lowest BCUT2D eigenvalue weighted by Crippen LogP contribution is -2.44. The molecular weight excluding hydrogens is 198 g/mol. The first kappa shape index (κ1) is 11.6. The van der Waals surface area contributed by atoms with Crippen molar-refractivity contribution in [3.63, 3.8) is 0 Å². The third kappa shape index (κ3) is 2.83. The lowest BCUT2D eigenvalue weighted by molar-refractivity contribution is 0.0170. The minimum atomic E-state index is 0.483. The molecule has 0 spiro atoms. The van der Waals surface area contributed by atoms with Crippen molar-refractivity contribution >= 4 is 0 Å². The second-order valence-corrected chi connectivity index (χ2v) is 4.90. The highest BCUT2D eigenvalue weighted by molar-refractivity contribution is 5.28. The summed E-state index contributed by atoms with van der Waals surface area (Å²) in [4.78, 5) is 0. The summed E-state index contributed by atoms with van der Waals surface area (Å²) in [7, 11) is 1.80. The molecule has 2 rings (SSSR count). The second kappa shape index (κ2) is 4.98. The van der Waals surface area contributed by atoms with Gasteiger partial charge < -0.3 is 10.1 Å². The molecule has 1 aliphatic rings. The average molecular weight is 219 g/mol. The van der Waals surface area contributed by atoms with Crippen LogP contribution in [0.25, 0.3) is 0 Å². The van der Waals surface area contributed by atoms with Crippen LogP contribution in [0.5, 0.6) is 0 Å². The Morgan fingerprint density at radius 1 is 1.19 bits per heavy atom. The molecule has 0 unspecified atom stereocenters. The standard InChI is InChI=1S/C14H21NO/c1-10-4-11(2)6-12(5-10)9-15-13-7-14(8-13)16-3/h4-6,13-15H,7-9H2,1-3H3. The molecule has 0 bridgehead atoms. The lowest BCUT2D eigenvalue weighted by atomic mass is 9.89. The molecular formula is C14H21NO. The molecule has 0 radical (unpaired) electrons. The molecule has 1 N–H and O–H groups in total. The van der Waals surface area contributed by atoms with Crippen molar-refractivity contribution in [3.8, 4) is 0 Å². The largest absolute Gasteiger partial charge is 0.381 e. The molecule has 0 atom stereocenters. The van der Waals surface area contributed by atoms with Crippen molar-refractivity contribution in [2.24, 2.45) is 0 Å². The Bertz CT molecular complexity index is 336. The Balaban J connectivity index is 1.81. The highest BCUT2D eigenvalue weighted by Crippen LogP contribution is 2.22. The van der Waals surface area contributed by atoms with E-state index in [1.807, 2.05) is 0 Å². The van der Waals surface area contributed by atoms with Gasteiger partial charge in [-0.25, -0.2) is 0 Å². The SMILES string of the molecule is COC1CC(NCc2cc(C)cc(C)c2)C1. The van der Waals surface area contributed by atoms with E-state index >= 15 is 0 Å². The van der Waals surface area contributed by atoms with Crippen LogP contribution in [0, 0.1) is 13.8 Å². The van der Waals surface area contributed by atoms with E-state index in [0.717, 1.165) is 19.4 Å². The molecule has 1 saturated carbocycles. The summed E-state index contributed by atoms with van der Waals surface area (Å²) in [5, 5.41) is 3.57. The summed E-state index contributed by atoms with van der Waals surface area (Å²) < 4.78 is 5.27. The predicted molar refractivity (Wildman–Crippen MR) is 66.6 cm³/mol. The number of benzene rings is 1. The van der Waals surface area contributed by atoms with Crippen molar-refractivity contribution in [2.75, 3.05) is 7.11 Å². The average Bonchev–Trinajstić information content (AvgIpc) is 2.14. The summed E-state index contributed by atoms with van der Waals surface area (Å²) in [5.74, 6) is 0. The van der Waals surface area contributed by atoms with E-state index in [4.69, 9.17) is 4.74 Å². The summed E-state index contributed by atoms with van der Waals surface area (Å²) in [5.41, 5.74) is 4.08. The van der Waals surface area contributed by atoms with Gasteiger partial charge in [0.25, 0.3) is 0 Å². The zero-order valence-corrected chi connectivity index (χ0v) is 10.4. The van der Waals surface area contributed by atoms with Crippen LogP contribution in [0.15, 0.2) is 18.2 Å². The van der Waals surface area contributed by atoms with Gasteiger partial charge in [0.2, 0.25) is 0 Å². The molecule has 1 aromatic carbocycles. The number of hydrogen-bond acceptors (Lipinski definition) is 2. The van der Waals surface area contributed by atoms with Crippen molar-refractivity contribution in [1.29, 1.82) is 0 Å². The van der Waals surface area contributed by atoms with Crippen LogP contribution < -0.4 is 5.32 Å². The van der Waals surface area contributed by atoms with Crippen LogP contribution >= 0.6 is 0 Å². The zero-order valence-electron chi connectivity index (χ0n) is 10.4. The van der Waals surface area contributed by atoms with Gasteiger partial charge in [-0.3, -0.25) is 0 Å². The zero-order chi connectivity index (χ0) is 11.5. The van der Waals surface area contributed by atoms with Gasteiger partial charge in [-0.1, -0.05) is 29.3 Å². The highest BCUT2D eigenvalue weighted by atomic mass is 16.5. The molecule has 1 aliphatic carbocycles. The van der Waals surface area contributed by atoms with Crippen LogP contribution in [0.3, 0.4) is 0 Å². The lowest BCUT2D eigenvalue weighted by Gasteiger charge is -2.34. The van der Waals surface area contributed by atoms with Gasteiger partial charge in [0.05, 0.1) is 6.10 Å². The molecule has 0 saturated heterocycles. The first-order valence-electron chi connectivity index (χ1n) is 6.00. The molecule has 88 valence electrons. The fourth-order valence-corrected chi connectivity index (χ4v) is 2.36. The van der Waals surface area contributed by atoms with E-state index in [9.17, 15) is 0 Å². The van der Waals surface area contributed by atoms with Crippen molar-refractivity contribution < 1.29 is 4.74 Å². The van der Waals surface area contributed by atoms with Crippen molar-refractivity contribution in [2.45, 2.75) is 45.4 Å². The third-order valence-electron chi connectivity index (χ3n) is 3.30. The van der Waals surface area contributed by atoms with E-state index in [1.54, 1.807) is 7.11 Å². The number of aryl methyl sites for hydroxylation is 2. The quantitative estimate of drug-likeness (QED) is 0.840. The van der Waals surface area contributed by atoms with Crippen molar-refractivity contribution in [3.05, 3.63) is 34.9 Å². The van der Waals surface area contributed by atoms with E-state index < -0.39 is 0 Å². The van der Waals surface area contributed by atoms with Gasteiger partial charge in [0.1, 0.15) is 0 Å². The van der Waals surface area contributed by atoms with Crippen LogP contribution in [0.2, 0.25) is 0 Å². The Morgan fingerprint density at radius 2 is 1.81 bits per heavy atom. The maximum atomic E-state index is 5.27. The fourth-order valence-electron chi connectivity index (χ4n) is 2.36. The molecule has 1 fully saturated rings. The molecule has 0 amide bonds. The van der Waals surface area contributed by atoms with Gasteiger partial charge in [-0.2, -0.15) is 0 Å². The Morgan fingerprint density at radius 3 is 2.38 bits per heavy atom. The molecule has 0 heterocycles. The predicted octanol–water partition coefficient (Wildman–Crippen LogP) is 2.57. The first-order valence-corrected chi connectivity index (χ1v) is 6.00. The molecule has 1 aromatic rings. The number of methoxy groups -OCH3 is 1. The minimum absolute atomic E-state index is 0.483. The molecule has 16 heavy (non-hydrogen) atoms. The topological polar surface area (TPSA) is 21.3 Å². The van der Waals surface area contributed by atoms with Crippen molar-refractivity contribution in [1.82, 2.24) is 5.32 Å². The third-order valence-corrected chi connectivity index (χ3v) is 3.30. The summed E-state index contributed by atoms with van der Waals surface area (Å²) in [6, 6.07) is 7.37. The maximum Gasteiger partial charge on any atom is 0.0601 e. The van der Waals surface area contributed by atoms with Gasteiger partial charge in [-0.05, 0) is 32.3 Å². The van der Waals surface area contributed by atoms with E-state index in [1.165, 1.54) is 16.7 Å². The van der Waals surface area contributed by atoms with Crippen LogP contribution in [-0.2, 0) is 11.3 Å². The monoisotopic (exact) mass is 219 g/mol. The van der Waals surface area contributed by atoms with Gasteiger partial charge >= 0.3 is 0 Å². The highest BCUT2D eigenvalue weighted by Gasteiger charge is 2.28. The Hall–Kier alpha value is -0.860. The summed E-state index contributed by atoms with van der Waals surface area (Å²) in [6.07, 6.45) is 2.79. The van der Waals surface area contributed by atoms with E-state index in [2.05, 4.69) is 37.4 Å². The van der Waals surface area contributed by atoms with Crippen LogP contribution in [0.1, 0.15) is 29.5 Å². The van der Waals surface area contributed by atoms with Gasteiger partial charge in [0.15, 0.2) is 0 Å². The van der Waals surface area contributed by atoms with Crippen LogP contribution in [-0.4, -0.2) is 19.3 Å². The molecule has 2 heteroatoms. The molecule has 0 aliphatic heterocycles. The fraction of sp³-hybridized carbons (Fsp3) is 0.571. The smallest absolute Gasteiger partial charge is 0.0601 e. The minimum Gasteiger partial charge on any atom is -0.381 e. The normalized spacial score (nSPS) is 24.2. The summed E-state index contributed by atoms with van der Waals surface area (Å²) >= 11 is 0. The van der Waals surface area contributed by atoms with Gasteiger partial charge in [0, 0.05) is 19.7 Å². The molecule has 2 nitrogen and oxygen atoms in total. The number of rotatable bonds is 4. The second-order valence-electron chi connectivity index (χ2n) is 4.90. The number of ether oxygens (including phenoxy) is 1. The Labute approximate surface area is 98.0 Å². The maximum absolute atomic E-state index is 5.27. The number of nitrogens with one attached hydrogen (secondary N) is 1.